The first-order chi connectivity index (χ1) is 12.0. The predicted octanol–water partition coefficient (Wildman–Crippen LogP) is 4.86. The van der Waals surface area contributed by atoms with Crippen LogP contribution in [0.4, 0.5) is 0 Å². The van der Waals surface area contributed by atoms with Gasteiger partial charge in [0.05, 0.1) is 0 Å². The van der Waals surface area contributed by atoms with Crippen molar-refractivity contribution in [2.75, 3.05) is 13.1 Å². The van der Waals surface area contributed by atoms with Gasteiger partial charge in [-0.1, -0.05) is 52.0 Å². The van der Waals surface area contributed by atoms with Gasteiger partial charge in [0.15, 0.2) is 0 Å². The van der Waals surface area contributed by atoms with Crippen LogP contribution >= 0.6 is 0 Å². The SMILES string of the molecule is CCN(Cc1ccc(CCCN)cc1)C1CC[C@@H]2C[C@H]([C@H]1C)C2(C)C. The van der Waals surface area contributed by atoms with Crippen LogP contribution in [0.5, 0.6) is 0 Å². The van der Waals surface area contributed by atoms with Crippen molar-refractivity contribution in [2.24, 2.45) is 28.9 Å². The van der Waals surface area contributed by atoms with E-state index in [1.165, 1.54) is 30.4 Å². The molecule has 0 saturated heterocycles. The van der Waals surface area contributed by atoms with Gasteiger partial charge >= 0.3 is 0 Å². The van der Waals surface area contributed by atoms with Gasteiger partial charge in [-0.05, 0) is 79.5 Å². The van der Waals surface area contributed by atoms with Crippen LogP contribution in [0.25, 0.3) is 0 Å². The summed E-state index contributed by atoms with van der Waals surface area (Å²) in [6.07, 6.45) is 6.46. The van der Waals surface area contributed by atoms with Crippen LogP contribution in [0.3, 0.4) is 0 Å². The Labute approximate surface area is 155 Å². The molecule has 2 bridgehead atoms. The van der Waals surface area contributed by atoms with Crippen molar-refractivity contribution in [1.29, 1.82) is 0 Å². The molecule has 4 rings (SSSR count). The van der Waals surface area contributed by atoms with E-state index in [-0.39, 0.29) is 0 Å². The Balaban J connectivity index is 1.66. The van der Waals surface area contributed by atoms with Crippen molar-refractivity contribution >= 4 is 0 Å². The van der Waals surface area contributed by atoms with Crippen molar-refractivity contribution in [3.8, 4) is 0 Å². The average Bonchev–Trinajstić information content (AvgIpc) is 2.84. The number of hydrogen-bond donors (Lipinski definition) is 1. The molecule has 2 heteroatoms. The molecule has 140 valence electrons. The van der Waals surface area contributed by atoms with Crippen LogP contribution in [-0.2, 0) is 13.0 Å². The summed E-state index contributed by atoms with van der Waals surface area (Å²) in [7, 11) is 0. The molecule has 0 amide bonds. The summed E-state index contributed by atoms with van der Waals surface area (Å²) in [6.45, 7) is 12.9. The standard InChI is InChI=1S/C23H38N2/c1-5-25(16-19-10-8-18(9-11-19)7-6-14-24)22-13-12-20-15-21(17(22)2)23(20,3)4/h8-11,17,20-22H,5-7,12-16,24H2,1-4H3/t17-,20-,21-,22?/m1/s1. The minimum atomic E-state index is 0.568. The molecule has 0 aliphatic heterocycles. The molecular formula is C23H38N2. The van der Waals surface area contributed by atoms with Crippen LogP contribution in [0, 0.1) is 23.2 Å². The van der Waals surface area contributed by atoms with E-state index in [2.05, 4.69) is 56.9 Å². The second-order valence-electron chi connectivity index (χ2n) is 9.14. The second kappa shape index (κ2) is 7.80. The van der Waals surface area contributed by atoms with Gasteiger partial charge in [0.1, 0.15) is 0 Å². The summed E-state index contributed by atoms with van der Waals surface area (Å²) in [5.74, 6) is 2.70. The topological polar surface area (TPSA) is 29.3 Å². The third-order valence-electron chi connectivity index (χ3n) is 7.55. The normalized spacial score (nSPS) is 30.8. The van der Waals surface area contributed by atoms with Crippen molar-refractivity contribution in [1.82, 2.24) is 4.90 Å². The molecule has 1 aromatic rings. The molecule has 25 heavy (non-hydrogen) atoms. The van der Waals surface area contributed by atoms with Crippen molar-refractivity contribution < 1.29 is 0 Å². The van der Waals surface area contributed by atoms with Crippen molar-refractivity contribution in [3.05, 3.63) is 35.4 Å². The summed E-state index contributed by atoms with van der Waals surface area (Å²) < 4.78 is 0. The minimum absolute atomic E-state index is 0.568. The summed E-state index contributed by atoms with van der Waals surface area (Å²) in [5.41, 5.74) is 9.07. The Morgan fingerprint density at radius 1 is 1.12 bits per heavy atom. The van der Waals surface area contributed by atoms with Crippen LogP contribution in [0.1, 0.15) is 64.5 Å². The van der Waals surface area contributed by atoms with Crippen LogP contribution in [0.2, 0.25) is 0 Å². The summed E-state index contributed by atoms with van der Waals surface area (Å²) in [5, 5.41) is 0. The van der Waals surface area contributed by atoms with Gasteiger partial charge in [-0.25, -0.2) is 0 Å². The second-order valence-corrected chi connectivity index (χ2v) is 9.14. The zero-order valence-electron chi connectivity index (χ0n) is 16.8. The van der Waals surface area contributed by atoms with E-state index in [0.717, 1.165) is 56.3 Å². The number of nitrogens with zero attached hydrogens (tertiary/aromatic N) is 1. The third-order valence-corrected chi connectivity index (χ3v) is 7.55. The monoisotopic (exact) mass is 342 g/mol. The van der Waals surface area contributed by atoms with E-state index in [1.54, 1.807) is 0 Å². The quantitative estimate of drug-likeness (QED) is 0.766. The Kier molecular flexibility index (Phi) is 5.90. The Hall–Kier alpha value is -0.860. The van der Waals surface area contributed by atoms with Gasteiger partial charge in [0, 0.05) is 12.6 Å². The third kappa shape index (κ3) is 3.80. The lowest BCUT2D eigenvalue weighted by Crippen LogP contribution is -2.49. The maximum absolute atomic E-state index is 5.63. The number of benzene rings is 1. The van der Waals surface area contributed by atoms with E-state index in [9.17, 15) is 0 Å². The Morgan fingerprint density at radius 2 is 1.80 bits per heavy atom. The Morgan fingerprint density at radius 3 is 2.40 bits per heavy atom. The molecule has 0 aromatic heterocycles. The van der Waals surface area contributed by atoms with Gasteiger partial charge in [-0.2, -0.15) is 0 Å². The molecular weight excluding hydrogens is 304 g/mol. The molecule has 3 saturated carbocycles. The predicted molar refractivity (Wildman–Crippen MR) is 107 cm³/mol. The highest BCUT2D eigenvalue weighted by Gasteiger charge is 2.53. The first kappa shape index (κ1) is 18.9. The van der Waals surface area contributed by atoms with Crippen molar-refractivity contribution in [3.63, 3.8) is 0 Å². The summed E-state index contributed by atoms with van der Waals surface area (Å²) >= 11 is 0. The molecule has 2 N–H and O–H groups in total. The summed E-state index contributed by atoms with van der Waals surface area (Å²) in [4.78, 5) is 2.75. The molecule has 4 atom stereocenters. The van der Waals surface area contributed by atoms with Gasteiger partial charge in [-0.15, -0.1) is 0 Å². The number of hydrogen-bond acceptors (Lipinski definition) is 2. The van der Waals surface area contributed by atoms with E-state index in [0.29, 0.717) is 5.41 Å². The number of aryl methyl sites for hydroxylation is 1. The molecule has 3 aliphatic rings. The van der Waals surface area contributed by atoms with Gasteiger partial charge < -0.3 is 5.73 Å². The molecule has 0 heterocycles. The van der Waals surface area contributed by atoms with Gasteiger partial charge in [-0.3, -0.25) is 4.90 Å². The van der Waals surface area contributed by atoms with E-state index >= 15 is 0 Å². The van der Waals surface area contributed by atoms with E-state index in [4.69, 9.17) is 5.73 Å². The first-order valence-corrected chi connectivity index (χ1v) is 10.5. The fourth-order valence-corrected chi connectivity index (χ4v) is 5.67. The Bertz CT molecular complexity index is 548. The van der Waals surface area contributed by atoms with Crippen LogP contribution < -0.4 is 5.73 Å². The smallest absolute Gasteiger partial charge is 0.0236 e. The number of rotatable bonds is 7. The molecule has 0 radical (unpaired) electrons. The van der Waals surface area contributed by atoms with Crippen molar-refractivity contribution in [2.45, 2.75) is 72.4 Å². The molecule has 3 aliphatic carbocycles. The maximum atomic E-state index is 5.63. The summed E-state index contributed by atoms with van der Waals surface area (Å²) in [6, 6.07) is 10.0. The zero-order valence-corrected chi connectivity index (χ0v) is 16.8. The zero-order chi connectivity index (χ0) is 18.0. The number of nitrogens with two attached hydrogens (primary N) is 1. The van der Waals surface area contributed by atoms with E-state index < -0.39 is 0 Å². The molecule has 1 unspecified atom stereocenters. The maximum Gasteiger partial charge on any atom is 0.0236 e. The van der Waals surface area contributed by atoms with E-state index in [1.807, 2.05) is 0 Å². The fourth-order valence-electron chi connectivity index (χ4n) is 5.67. The lowest BCUT2D eigenvalue weighted by Gasteiger charge is -2.54. The highest BCUT2D eigenvalue weighted by molar-refractivity contribution is 5.23. The average molecular weight is 343 g/mol. The number of fused-ring (bicyclic) bond motifs is 3. The molecule has 2 nitrogen and oxygen atoms in total. The molecule has 1 aromatic carbocycles. The van der Waals surface area contributed by atoms with Crippen LogP contribution in [0.15, 0.2) is 24.3 Å². The lowest BCUT2D eigenvalue weighted by molar-refractivity contribution is -0.0510. The highest BCUT2D eigenvalue weighted by Crippen LogP contribution is 2.60. The largest absolute Gasteiger partial charge is 0.330 e. The first-order valence-electron chi connectivity index (χ1n) is 10.5. The lowest BCUT2D eigenvalue weighted by atomic mass is 9.52. The minimum Gasteiger partial charge on any atom is -0.330 e. The molecule has 0 spiro atoms. The molecule has 3 fully saturated rings. The van der Waals surface area contributed by atoms with Gasteiger partial charge in [0.25, 0.3) is 0 Å². The van der Waals surface area contributed by atoms with Crippen LogP contribution in [-0.4, -0.2) is 24.0 Å². The fraction of sp³-hybridized carbons (Fsp3) is 0.739. The van der Waals surface area contributed by atoms with Gasteiger partial charge in [0.2, 0.25) is 0 Å². The highest BCUT2D eigenvalue weighted by atomic mass is 15.2.